The van der Waals surface area contributed by atoms with Gasteiger partial charge in [0.05, 0.1) is 12.2 Å². The van der Waals surface area contributed by atoms with E-state index in [1.807, 2.05) is 6.07 Å². The van der Waals surface area contributed by atoms with Crippen molar-refractivity contribution in [3.63, 3.8) is 0 Å². The predicted molar refractivity (Wildman–Crippen MR) is 123 cm³/mol. The molecule has 1 aromatic carbocycles. The van der Waals surface area contributed by atoms with E-state index in [1.54, 1.807) is 38.1 Å². The standard InChI is InChI=1S/C21H23BrN4O3S/c1-12(2)7-8-29-18-6-5-15(22)10-16(18)19(27)24-21(30)25-26-14(4)9-13(3)17(11-23)20(26)28/h5-6,9-10,12H,7-8H2,1-4H3,(H2,24,25,27,30). The van der Waals surface area contributed by atoms with Crippen molar-refractivity contribution in [1.29, 1.82) is 5.26 Å². The number of aromatic nitrogens is 1. The van der Waals surface area contributed by atoms with Crippen molar-refractivity contribution in [3.05, 3.63) is 61.5 Å². The van der Waals surface area contributed by atoms with Crippen LogP contribution in [0.5, 0.6) is 5.75 Å². The van der Waals surface area contributed by atoms with E-state index >= 15 is 0 Å². The Morgan fingerprint density at radius 3 is 2.67 bits per heavy atom. The normalized spacial score (nSPS) is 10.4. The van der Waals surface area contributed by atoms with Crippen LogP contribution in [0.15, 0.2) is 33.5 Å². The van der Waals surface area contributed by atoms with Gasteiger partial charge in [-0.1, -0.05) is 29.8 Å². The number of carbonyl (C=O) groups is 1. The number of hydrogen-bond donors (Lipinski definition) is 2. The molecule has 0 saturated heterocycles. The van der Waals surface area contributed by atoms with Crippen LogP contribution in [-0.4, -0.2) is 22.3 Å². The number of nitrogens with zero attached hydrogens (tertiary/aromatic N) is 2. The number of carbonyl (C=O) groups excluding carboxylic acids is 1. The molecule has 1 aromatic heterocycles. The van der Waals surface area contributed by atoms with E-state index in [0.29, 0.717) is 39.6 Å². The number of amides is 1. The SMILES string of the molecule is Cc1cc(C)n(NC(=S)NC(=O)c2cc(Br)ccc2OCCC(C)C)c(=O)c1C#N. The zero-order chi connectivity index (χ0) is 22.4. The maximum Gasteiger partial charge on any atom is 0.287 e. The lowest BCUT2D eigenvalue weighted by molar-refractivity contribution is 0.0973. The van der Waals surface area contributed by atoms with Gasteiger partial charge in [0.25, 0.3) is 11.5 Å². The van der Waals surface area contributed by atoms with Gasteiger partial charge in [-0.05, 0) is 68.2 Å². The van der Waals surface area contributed by atoms with Gasteiger partial charge in [-0.15, -0.1) is 0 Å². The summed E-state index contributed by atoms with van der Waals surface area (Å²) in [4.78, 5) is 25.3. The Morgan fingerprint density at radius 1 is 1.33 bits per heavy atom. The summed E-state index contributed by atoms with van der Waals surface area (Å²) in [7, 11) is 0. The van der Waals surface area contributed by atoms with E-state index in [4.69, 9.17) is 17.0 Å². The average Bonchev–Trinajstić information content (AvgIpc) is 2.66. The molecule has 0 unspecified atom stereocenters. The summed E-state index contributed by atoms with van der Waals surface area (Å²) in [5.74, 6) is 0.435. The molecule has 0 bridgehead atoms. The zero-order valence-electron chi connectivity index (χ0n) is 17.2. The van der Waals surface area contributed by atoms with Crippen molar-refractivity contribution in [2.75, 3.05) is 12.0 Å². The van der Waals surface area contributed by atoms with Crippen LogP contribution in [-0.2, 0) is 0 Å². The smallest absolute Gasteiger partial charge is 0.287 e. The monoisotopic (exact) mass is 490 g/mol. The highest BCUT2D eigenvalue weighted by atomic mass is 79.9. The summed E-state index contributed by atoms with van der Waals surface area (Å²) >= 11 is 8.56. The molecule has 0 aliphatic carbocycles. The van der Waals surface area contributed by atoms with Crippen LogP contribution in [0.3, 0.4) is 0 Å². The summed E-state index contributed by atoms with van der Waals surface area (Å²) in [6.07, 6.45) is 0.855. The van der Waals surface area contributed by atoms with Crippen LogP contribution in [0.4, 0.5) is 0 Å². The van der Waals surface area contributed by atoms with Crippen molar-refractivity contribution in [2.45, 2.75) is 34.1 Å². The summed E-state index contributed by atoms with van der Waals surface area (Å²) < 4.78 is 7.62. The summed E-state index contributed by atoms with van der Waals surface area (Å²) in [6, 6.07) is 8.71. The highest BCUT2D eigenvalue weighted by Crippen LogP contribution is 2.23. The van der Waals surface area contributed by atoms with Crippen LogP contribution in [0.2, 0.25) is 0 Å². The minimum Gasteiger partial charge on any atom is -0.493 e. The van der Waals surface area contributed by atoms with Gasteiger partial charge in [0, 0.05) is 10.2 Å². The number of rotatable bonds is 6. The molecular weight excluding hydrogens is 468 g/mol. The number of ether oxygens (including phenoxy) is 1. The lowest BCUT2D eigenvalue weighted by Crippen LogP contribution is -2.43. The Hall–Kier alpha value is -2.70. The largest absolute Gasteiger partial charge is 0.493 e. The van der Waals surface area contributed by atoms with Crippen molar-refractivity contribution in [3.8, 4) is 11.8 Å². The van der Waals surface area contributed by atoms with Gasteiger partial charge in [-0.2, -0.15) is 5.26 Å². The minimum absolute atomic E-state index is 0.00931. The molecule has 0 fully saturated rings. The number of hydrogen-bond acceptors (Lipinski definition) is 5. The first kappa shape index (κ1) is 23.6. The highest BCUT2D eigenvalue weighted by molar-refractivity contribution is 9.10. The van der Waals surface area contributed by atoms with E-state index in [1.165, 1.54) is 0 Å². The van der Waals surface area contributed by atoms with Crippen molar-refractivity contribution < 1.29 is 9.53 Å². The van der Waals surface area contributed by atoms with Gasteiger partial charge in [0.1, 0.15) is 17.4 Å². The number of thiocarbonyl (C=S) groups is 1. The van der Waals surface area contributed by atoms with Crippen molar-refractivity contribution >= 4 is 39.2 Å². The lowest BCUT2D eigenvalue weighted by Gasteiger charge is -2.16. The quantitative estimate of drug-likeness (QED) is 0.598. The molecule has 0 atom stereocenters. The summed E-state index contributed by atoms with van der Waals surface area (Å²) in [5, 5.41) is 11.7. The predicted octanol–water partition coefficient (Wildman–Crippen LogP) is 3.78. The second-order valence-corrected chi connectivity index (χ2v) is 8.49. The second kappa shape index (κ2) is 10.4. The molecule has 0 radical (unpaired) electrons. The Balaban J connectivity index is 2.19. The molecule has 30 heavy (non-hydrogen) atoms. The fourth-order valence-corrected chi connectivity index (χ4v) is 3.22. The summed E-state index contributed by atoms with van der Waals surface area (Å²) in [5.41, 5.74) is 3.58. The van der Waals surface area contributed by atoms with Crippen molar-refractivity contribution in [1.82, 2.24) is 9.99 Å². The third-order valence-corrected chi connectivity index (χ3v) is 4.97. The molecule has 0 aliphatic rings. The molecule has 2 N–H and O–H groups in total. The topological polar surface area (TPSA) is 96.2 Å². The maximum atomic E-state index is 12.8. The fourth-order valence-electron chi connectivity index (χ4n) is 2.68. The van der Waals surface area contributed by atoms with Gasteiger partial charge < -0.3 is 4.74 Å². The number of halogens is 1. The van der Waals surface area contributed by atoms with Gasteiger partial charge in [-0.25, -0.2) is 4.68 Å². The van der Waals surface area contributed by atoms with Gasteiger partial charge in [-0.3, -0.25) is 20.3 Å². The molecule has 0 aliphatic heterocycles. The van der Waals surface area contributed by atoms with E-state index in [0.717, 1.165) is 11.1 Å². The van der Waals surface area contributed by atoms with Gasteiger partial charge in [0.2, 0.25) is 0 Å². The Kier molecular flexibility index (Phi) is 8.15. The Morgan fingerprint density at radius 2 is 2.03 bits per heavy atom. The first-order valence-electron chi connectivity index (χ1n) is 9.32. The van der Waals surface area contributed by atoms with Crippen LogP contribution >= 0.6 is 28.1 Å². The molecule has 1 heterocycles. The first-order valence-corrected chi connectivity index (χ1v) is 10.5. The lowest BCUT2D eigenvalue weighted by atomic mass is 10.1. The number of nitrogens with one attached hydrogen (secondary N) is 2. The third-order valence-electron chi connectivity index (χ3n) is 4.28. The van der Waals surface area contributed by atoms with Crippen LogP contribution in [0, 0.1) is 31.1 Å². The van der Waals surface area contributed by atoms with Crippen LogP contribution in [0.1, 0.15) is 47.4 Å². The van der Waals surface area contributed by atoms with E-state index < -0.39 is 11.5 Å². The molecule has 0 saturated carbocycles. The number of pyridine rings is 1. The molecule has 7 nitrogen and oxygen atoms in total. The molecule has 1 amide bonds. The first-order chi connectivity index (χ1) is 14.1. The number of aryl methyl sites for hydroxylation is 2. The Bertz CT molecular complexity index is 1070. The van der Waals surface area contributed by atoms with Gasteiger partial charge >= 0.3 is 0 Å². The molecule has 2 aromatic rings. The third kappa shape index (κ3) is 5.90. The summed E-state index contributed by atoms with van der Waals surface area (Å²) in [6.45, 7) is 8.05. The molecule has 0 spiro atoms. The fraction of sp³-hybridized carbons (Fsp3) is 0.333. The molecule has 2 rings (SSSR count). The molecular formula is C21H23BrN4O3S. The molecule has 158 valence electrons. The van der Waals surface area contributed by atoms with Crippen LogP contribution < -0.4 is 21.0 Å². The minimum atomic E-state index is -0.535. The van der Waals surface area contributed by atoms with E-state index in [9.17, 15) is 14.9 Å². The highest BCUT2D eigenvalue weighted by Gasteiger charge is 2.17. The maximum absolute atomic E-state index is 12.8. The number of benzene rings is 1. The number of nitriles is 1. The van der Waals surface area contributed by atoms with Crippen LogP contribution in [0.25, 0.3) is 0 Å². The second-order valence-electron chi connectivity index (χ2n) is 7.16. The van der Waals surface area contributed by atoms with Crippen molar-refractivity contribution in [2.24, 2.45) is 5.92 Å². The Labute approximate surface area is 189 Å². The van der Waals surface area contributed by atoms with E-state index in [2.05, 4.69) is 40.5 Å². The van der Waals surface area contributed by atoms with E-state index in [-0.39, 0.29) is 10.7 Å². The molecule has 9 heteroatoms. The zero-order valence-corrected chi connectivity index (χ0v) is 19.6. The average molecular weight is 491 g/mol. The van der Waals surface area contributed by atoms with Gasteiger partial charge in [0.15, 0.2) is 5.11 Å².